The Morgan fingerprint density at radius 1 is 1.12 bits per heavy atom. The summed E-state index contributed by atoms with van der Waals surface area (Å²) in [6.07, 6.45) is 1.34. The lowest BCUT2D eigenvalue weighted by Crippen LogP contribution is -2.13. The van der Waals surface area contributed by atoms with Crippen molar-refractivity contribution < 1.29 is 32.9 Å². The minimum absolute atomic E-state index is 0.0922. The second-order valence-electron chi connectivity index (χ2n) is 6.24. The molecule has 32 heavy (non-hydrogen) atoms. The zero-order valence-electron chi connectivity index (χ0n) is 16.4. The van der Waals surface area contributed by atoms with Gasteiger partial charge in [0.2, 0.25) is 0 Å². The number of nitrogens with one attached hydrogen (secondary N) is 1. The van der Waals surface area contributed by atoms with Crippen molar-refractivity contribution in [2.75, 3.05) is 12.4 Å². The summed E-state index contributed by atoms with van der Waals surface area (Å²) in [4.78, 5) is 20.7. The Labute approximate surface area is 184 Å². The van der Waals surface area contributed by atoms with Gasteiger partial charge in [-0.25, -0.2) is 9.97 Å². The number of anilines is 1. The van der Waals surface area contributed by atoms with E-state index in [0.29, 0.717) is 16.0 Å². The highest BCUT2D eigenvalue weighted by Gasteiger charge is 2.18. The van der Waals surface area contributed by atoms with Crippen molar-refractivity contribution in [2.24, 2.45) is 0 Å². The lowest BCUT2D eigenvalue weighted by Gasteiger charge is -2.11. The highest BCUT2D eigenvalue weighted by atomic mass is 32.1. The monoisotopic (exact) mass is 459 g/mol. The average molecular weight is 459 g/mol. The van der Waals surface area contributed by atoms with Crippen LogP contribution in [-0.2, 0) is 0 Å². The maximum atomic E-state index is 12.6. The molecule has 0 aliphatic heterocycles. The van der Waals surface area contributed by atoms with Gasteiger partial charge >= 0.3 is 6.61 Å². The molecule has 2 aromatic heterocycles. The molecule has 164 valence electrons. The molecule has 1 amide bonds. The summed E-state index contributed by atoms with van der Waals surface area (Å²) in [6, 6.07) is 12.4. The number of nitrogens with zero attached hydrogens (tertiary/aromatic N) is 2. The van der Waals surface area contributed by atoms with Crippen molar-refractivity contribution in [2.45, 2.75) is 6.61 Å². The Morgan fingerprint density at radius 2 is 1.91 bits per heavy atom. The van der Waals surface area contributed by atoms with Crippen LogP contribution in [0, 0.1) is 0 Å². The Balaban J connectivity index is 1.55. The van der Waals surface area contributed by atoms with Gasteiger partial charge in [-0.3, -0.25) is 10.1 Å². The number of amides is 1. The molecular formula is C21H15F2N3O5S. The number of pyridine rings is 1. The Bertz CT molecular complexity index is 1280. The number of thiazole rings is 1. The summed E-state index contributed by atoms with van der Waals surface area (Å²) in [5.41, 5.74) is 0.376. The van der Waals surface area contributed by atoms with Crippen LogP contribution in [0.2, 0.25) is 0 Å². The van der Waals surface area contributed by atoms with E-state index in [2.05, 4.69) is 20.0 Å². The average Bonchev–Trinajstić information content (AvgIpc) is 3.16. The number of ether oxygens (including phenoxy) is 3. The van der Waals surface area contributed by atoms with E-state index in [1.807, 2.05) is 0 Å². The van der Waals surface area contributed by atoms with Gasteiger partial charge in [0, 0.05) is 18.3 Å². The lowest BCUT2D eigenvalue weighted by molar-refractivity contribution is -0.0510. The van der Waals surface area contributed by atoms with Crippen LogP contribution in [0.15, 0.2) is 54.7 Å². The smallest absolute Gasteiger partial charge is 0.387 e. The van der Waals surface area contributed by atoms with Gasteiger partial charge < -0.3 is 19.3 Å². The normalized spacial score (nSPS) is 10.9. The summed E-state index contributed by atoms with van der Waals surface area (Å²) in [5, 5.41) is 12.9. The highest BCUT2D eigenvalue weighted by molar-refractivity contribution is 7.22. The van der Waals surface area contributed by atoms with Gasteiger partial charge in [-0.1, -0.05) is 23.5 Å². The van der Waals surface area contributed by atoms with Crippen LogP contribution in [-0.4, -0.2) is 34.7 Å². The summed E-state index contributed by atoms with van der Waals surface area (Å²) in [7, 11) is 1.36. The number of fused-ring (bicyclic) bond motifs is 1. The summed E-state index contributed by atoms with van der Waals surface area (Å²) in [6.45, 7) is -2.98. The topological polar surface area (TPSA) is 103 Å². The number of para-hydroxylation sites is 2. The number of alkyl halides is 2. The molecular weight excluding hydrogens is 444 g/mol. The first kappa shape index (κ1) is 21.2. The number of carbonyl (C=O) groups excluding carboxylic acids is 1. The van der Waals surface area contributed by atoms with Crippen LogP contribution in [0.4, 0.5) is 13.9 Å². The number of rotatable bonds is 7. The van der Waals surface area contributed by atoms with Crippen molar-refractivity contribution in [3.63, 3.8) is 0 Å². The van der Waals surface area contributed by atoms with Gasteiger partial charge in [0.25, 0.3) is 5.91 Å². The molecule has 0 atom stereocenters. The van der Waals surface area contributed by atoms with Crippen LogP contribution in [0.3, 0.4) is 0 Å². The Kier molecular flexibility index (Phi) is 5.99. The zero-order valence-corrected chi connectivity index (χ0v) is 17.2. The van der Waals surface area contributed by atoms with E-state index in [1.54, 1.807) is 30.3 Å². The van der Waals surface area contributed by atoms with Crippen LogP contribution in [0.1, 0.15) is 10.5 Å². The van der Waals surface area contributed by atoms with E-state index in [4.69, 9.17) is 9.47 Å². The minimum Gasteiger partial charge on any atom is -0.503 e. The molecule has 0 aliphatic carbocycles. The largest absolute Gasteiger partial charge is 0.503 e. The second-order valence-corrected chi connectivity index (χ2v) is 7.27. The van der Waals surface area contributed by atoms with Gasteiger partial charge in [0.1, 0.15) is 5.75 Å². The molecule has 8 nitrogen and oxygen atoms in total. The molecule has 4 rings (SSSR count). The summed E-state index contributed by atoms with van der Waals surface area (Å²) >= 11 is 1.16. The number of methoxy groups -OCH3 is 1. The van der Waals surface area contributed by atoms with E-state index >= 15 is 0 Å². The predicted molar refractivity (Wildman–Crippen MR) is 113 cm³/mol. The maximum absolute atomic E-state index is 12.6. The van der Waals surface area contributed by atoms with Gasteiger partial charge in [-0.15, -0.1) is 0 Å². The first-order valence-corrected chi connectivity index (χ1v) is 9.92. The fourth-order valence-electron chi connectivity index (χ4n) is 2.80. The number of benzene rings is 2. The number of aromatic hydroxyl groups is 1. The molecule has 4 aromatic rings. The first-order chi connectivity index (χ1) is 15.4. The maximum Gasteiger partial charge on any atom is 0.387 e. The number of halogens is 2. The Hall–Kier alpha value is -3.99. The van der Waals surface area contributed by atoms with Crippen molar-refractivity contribution in [1.29, 1.82) is 0 Å². The van der Waals surface area contributed by atoms with Crippen LogP contribution < -0.4 is 19.5 Å². The molecule has 2 aromatic carbocycles. The Morgan fingerprint density at radius 3 is 2.66 bits per heavy atom. The van der Waals surface area contributed by atoms with Gasteiger partial charge in [-0.05, 0) is 24.3 Å². The van der Waals surface area contributed by atoms with E-state index in [0.717, 1.165) is 11.3 Å². The third kappa shape index (κ3) is 4.52. The first-order valence-electron chi connectivity index (χ1n) is 9.10. The predicted octanol–water partition coefficient (Wildman–Crippen LogP) is 5.05. The van der Waals surface area contributed by atoms with Crippen LogP contribution in [0.5, 0.6) is 28.7 Å². The molecule has 0 saturated carbocycles. The van der Waals surface area contributed by atoms with Crippen molar-refractivity contribution in [3.05, 3.63) is 60.4 Å². The van der Waals surface area contributed by atoms with Gasteiger partial charge in [0.05, 0.1) is 17.3 Å². The SMILES string of the molecule is COc1ccnc(C(=O)Nc2nc3ccc(Oc4ccccc4OC(F)F)cc3s2)c1O. The molecule has 2 heterocycles. The molecule has 0 saturated heterocycles. The summed E-state index contributed by atoms with van der Waals surface area (Å²) in [5.74, 6) is -0.511. The fraction of sp³-hybridized carbons (Fsp3) is 0.0952. The number of carbonyl (C=O) groups is 1. The molecule has 0 aliphatic rings. The molecule has 0 radical (unpaired) electrons. The van der Waals surface area contributed by atoms with Crippen molar-refractivity contribution >= 4 is 32.6 Å². The molecule has 0 fully saturated rings. The number of hydrogen-bond donors (Lipinski definition) is 2. The van der Waals surface area contributed by atoms with E-state index in [1.165, 1.54) is 31.5 Å². The van der Waals surface area contributed by atoms with Crippen LogP contribution >= 0.6 is 11.3 Å². The standard InChI is InChI=1S/C21H15F2N3O5S/c1-29-15-8-9-24-17(18(15)27)19(28)26-21-25-12-7-6-11(10-16(12)32-21)30-13-4-2-3-5-14(13)31-20(22)23/h2-10,20,27H,1H3,(H,25,26,28). The van der Waals surface area contributed by atoms with E-state index in [-0.39, 0.29) is 33.8 Å². The number of aromatic nitrogens is 2. The van der Waals surface area contributed by atoms with E-state index in [9.17, 15) is 18.7 Å². The molecule has 0 bridgehead atoms. The minimum atomic E-state index is -2.98. The quantitative estimate of drug-likeness (QED) is 0.399. The van der Waals surface area contributed by atoms with Crippen molar-refractivity contribution in [1.82, 2.24) is 9.97 Å². The highest BCUT2D eigenvalue weighted by Crippen LogP contribution is 2.36. The third-order valence-electron chi connectivity index (χ3n) is 4.20. The van der Waals surface area contributed by atoms with Gasteiger partial charge in [-0.2, -0.15) is 8.78 Å². The third-order valence-corrected chi connectivity index (χ3v) is 5.13. The second kappa shape index (κ2) is 9.02. The molecule has 0 spiro atoms. The molecule has 11 heteroatoms. The van der Waals surface area contributed by atoms with Crippen LogP contribution in [0.25, 0.3) is 10.2 Å². The zero-order chi connectivity index (χ0) is 22.7. The molecule has 2 N–H and O–H groups in total. The van der Waals surface area contributed by atoms with Crippen molar-refractivity contribution in [3.8, 4) is 28.7 Å². The summed E-state index contributed by atoms with van der Waals surface area (Å²) < 4.78 is 41.0. The van der Waals surface area contributed by atoms with Gasteiger partial charge in [0.15, 0.2) is 33.8 Å². The fourth-order valence-corrected chi connectivity index (χ4v) is 3.69. The molecule has 0 unspecified atom stereocenters. The lowest BCUT2D eigenvalue weighted by atomic mass is 10.3. The van der Waals surface area contributed by atoms with E-state index < -0.39 is 12.5 Å². The number of hydrogen-bond acceptors (Lipinski definition) is 8.